The maximum absolute atomic E-state index is 11.6. The van der Waals surface area contributed by atoms with E-state index in [1.165, 1.54) is 0 Å². The lowest BCUT2D eigenvalue weighted by atomic mass is 9.95. The minimum Gasteiger partial charge on any atom is -0.352 e. The van der Waals surface area contributed by atoms with Crippen LogP contribution in [0.15, 0.2) is 28.7 Å². The summed E-state index contributed by atoms with van der Waals surface area (Å²) in [4.78, 5) is 11.6. The van der Waals surface area contributed by atoms with Gasteiger partial charge in [-0.15, -0.1) is 0 Å². The second-order valence-electron chi connectivity index (χ2n) is 4.56. The predicted octanol–water partition coefficient (Wildman–Crippen LogP) is 3.11. The summed E-state index contributed by atoms with van der Waals surface area (Å²) < 4.78 is 1.03. The normalized spacial score (nSPS) is 11.2. The average molecular weight is 270 g/mol. The van der Waals surface area contributed by atoms with Crippen LogP contribution in [-0.4, -0.2) is 5.91 Å². The maximum Gasteiger partial charge on any atom is 0.225 e. The van der Waals surface area contributed by atoms with Crippen molar-refractivity contribution in [2.45, 2.75) is 27.3 Å². The molecular formula is C12H16BrNO. The molecule has 0 aromatic heterocycles. The van der Waals surface area contributed by atoms with Gasteiger partial charge in [-0.3, -0.25) is 4.79 Å². The predicted molar refractivity (Wildman–Crippen MR) is 65.4 cm³/mol. The van der Waals surface area contributed by atoms with Crippen LogP contribution in [0.2, 0.25) is 0 Å². The third-order valence-electron chi connectivity index (χ3n) is 2.02. The van der Waals surface area contributed by atoms with Crippen LogP contribution in [0.3, 0.4) is 0 Å². The number of hydrogen-bond donors (Lipinski definition) is 1. The second-order valence-corrected chi connectivity index (χ2v) is 5.48. The van der Waals surface area contributed by atoms with Crippen molar-refractivity contribution in [1.82, 2.24) is 5.32 Å². The summed E-state index contributed by atoms with van der Waals surface area (Å²) in [6, 6.07) is 7.92. The van der Waals surface area contributed by atoms with Crippen LogP contribution < -0.4 is 5.32 Å². The molecule has 0 fully saturated rings. The van der Waals surface area contributed by atoms with Gasteiger partial charge in [0, 0.05) is 16.4 Å². The number of carbonyl (C=O) groups is 1. The van der Waals surface area contributed by atoms with Gasteiger partial charge in [-0.1, -0.05) is 48.8 Å². The van der Waals surface area contributed by atoms with E-state index >= 15 is 0 Å². The highest BCUT2D eigenvalue weighted by Crippen LogP contribution is 2.14. The Hall–Kier alpha value is -0.830. The Morgan fingerprint density at radius 2 is 2.07 bits per heavy atom. The molecule has 1 rings (SSSR count). The Kier molecular flexibility index (Phi) is 3.91. The molecule has 0 radical (unpaired) electrons. The minimum atomic E-state index is -0.327. The first kappa shape index (κ1) is 12.2. The number of nitrogens with one attached hydrogen (secondary N) is 1. The van der Waals surface area contributed by atoms with E-state index in [2.05, 4.69) is 21.2 Å². The molecule has 0 aliphatic carbocycles. The molecule has 1 aromatic carbocycles. The second kappa shape index (κ2) is 4.79. The van der Waals surface area contributed by atoms with Crippen molar-refractivity contribution in [2.24, 2.45) is 5.41 Å². The summed E-state index contributed by atoms with van der Waals surface area (Å²) in [6.07, 6.45) is 0. The zero-order valence-corrected chi connectivity index (χ0v) is 10.9. The van der Waals surface area contributed by atoms with Gasteiger partial charge < -0.3 is 5.32 Å². The van der Waals surface area contributed by atoms with E-state index < -0.39 is 0 Å². The molecule has 0 heterocycles. The Bertz CT molecular complexity index is 355. The van der Waals surface area contributed by atoms with E-state index in [0.717, 1.165) is 10.0 Å². The summed E-state index contributed by atoms with van der Waals surface area (Å²) in [5, 5.41) is 2.91. The minimum absolute atomic E-state index is 0.0717. The van der Waals surface area contributed by atoms with E-state index in [1.54, 1.807) is 0 Å². The van der Waals surface area contributed by atoms with Gasteiger partial charge in [0.05, 0.1) is 0 Å². The van der Waals surface area contributed by atoms with Crippen LogP contribution in [0.4, 0.5) is 0 Å². The van der Waals surface area contributed by atoms with Gasteiger partial charge in [-0.2, -0.15) is 0 Å². The van der Waals surface area contributed by atoms with Crippen molar-refractivity contribution >= 4 is 21.8 Å². The molecule has 0 saturated carbocycles. The SMILES string of the molecule is CC(C)(C)C(=O)NCc1cccc(Br)c1. The third kappa shape index (κ3) is 4.04. The summed E-state index contributed by atoms with van der Waals surface area (Å²) in [5.74, 6) is 0.0717. The number of halogens is 1. The molecule has 0 saturated heterocycles. The smallest absolute Gasteiger partial charge is 0.225 e. The Morgan fingerprint density at radius 1 is 1.40 bits per heavy atom. The van der Waals surface area contributed by atoms with Gasteiger partial charge in [0.25, 0.3) is 0 Å². The third-order valence-corrected chi connectivity index (χ3v) is 2.52. The maximum atomic E-state index is 11.6. The number of hydrogen-bond acceptors (Lipinski definition) is 1. The highest BCUT2D eigenvalue weighted by atomic mass is 79.9. The molecular weight excluding hydrogens is 254 g/mol. The fourth-order valence-corrected chi connectivity index (χ4v) is 1.54. The van der Waals surface area contributed by atoms with Crippen LogP contribution in [0.5, 0.6) is 0 Å². The van der Waals surface area contributed by atoms with Crippen molar-refractivity contribution < 1.29 is 4.79 Å². The lowest BCUT2D eigenvalue weighted by Gasteiger charge is -2.17. The Balaban J connectivity index is 2.55. The average Bonchev–Trinajstić information content (AvgIpc) is 2.12. The topological polar surface area (TPSA) is 29.1 Å². The van der Waals surface area contributed by atoms with Gasteiger partial charge >= 0.3 is 0 Å². The molecule has 1 aromatic rings. The van der Waals surface area contributed by atoms with Crippen molar-refractivity contribution in [3.05, 3.63) is 34.3 Å². The molecule has 0 aliphatic rings. The quantitative estimate of drug-likeness (QED) is 0.879. The van der Waals surface area contributed by atoms with E-state index in [9.17, 15) is 4.79 Å². The van der Waals surface area contributed by atoms with Gasteiger partial charge in [0.1, 0.15) is 0 Å². The first-order valence-corrected chi connectivity index (χ1v) is 5.71. The standard InChI is InChI=1S/C12H16BrNO/c1-12(2,3)11(15)14-8-9-5-4-6-10(13)7-9/h4-7H,8H2,1-3H3,(H,14,15). The first-order chi connectivity index (χ1) is 6.89. The summed E-state index contributed by atoms with van der Waals surface area (Å²) in [6.45, 7) is 6.30. The highest BCUT2D eigenvalue weighted by Gasteiger charge is 2.20. The summed E-state index contributed by atoms with van der Waals surface area (Å²) in [5.41, 5.74) is 0.772. The molecule has 0 atom stereocenters. The summed E-state index contributed by atoms with van der Waals surface area (Å²) in [7, 11) is 0. The van der Waals surface area contributed by atoms with E-state index in [4.69, 9.17) is 0 Å². The monoisotopic (exact) mass is 269 g/mol. The zero-order valence-electron chi connectivity index (χ0n) is 9.30. The molecule has 3 heteroatoms. The molecule has 2 nitrogen and oxygen atoms in total. The van der Waals surface area contributed by atoms with E-state index in [-0.39, 0.29) is 11.3 Å². The van der Waals surface area contributed by atoms with Crippen LogP contribution in [0, 0.1) is 5.41 Å². The zero-order chi connectivity index (χ0) is 11.5. The number of rotatable bonds is 2. The van der Waals surface area contributed by atoms with Gasteiger partial charge in [-0.25, -0.2) is 0 Å². The Morgan fingerprint density at radius 3 is 2.60 bits per heavy atom. The fourth-order valence-electron chi connectivity index (χ4n) is 1.09. The van der Waals surface area contributed by atoms with E-state index in [1.807, 2.05) is 45.0 Å². The molecule has 0 spiro atoms. The van der Waals surface area contributed by atoms with Crippen LogP contribution in [0.1, 0.15) is 26.3 Å². The lowest BCUT2D eigenvalue weighted by Crippen LogP contribution is -2.34. The van der Waals surface area contributed by atoms with Crippen molar-refractivity contribution in [3.63, 3.8) is 0 Å². The number of amides is 1. The Labute approximate surface area is 99.2 Å². The summed E-state index contributed by atoms with van der Waals surface area (Å²) >= 11 is 3.40. The fraction of sp³-hybridized carbons (Fsp3) is 0.417. The van der Waals surface area contributed by atoms with Crippen molar-refractivity contribution in [1.29, 1.82) is 0 Å². The molecule has 15 heavy (non-hydrogen) atoms. The highest BCUT2D eigenvalue weighted by molar-refractivity contribution is 9.10. The molecule has 0 unspecified atom stereocenters. The molecule has 82 valence electrons. The van der Waals surface area contributed by atoms with Crippen LogP contribution in [-0.2, 0) is 11.3 Å². The van der Waals surface area contributed by atoms with Crippen LogP contribution in [0.25, 0.3) is 0 Å². The molecule has 0 bridgehead atoms. The van der Waals surface area contributed by atoms with E-state index in [0.29, 0.717) is 6.54 Å². The molecule has 1 amide bonds. The number of benzene rings is 1. The number of carbonyl (C=O) groups excluding carboxylic acids is 1. The first-order valence-electron chi connectivity index (χ1n) is 4.92. The van der Waals surface area contributed by atoms with Crippen molar-refractivity contribution in [3.8, 4) is 0 Å². The molecule has 0 aliphatic heterocycles. The van der Waals surface area contributed by atoms with Crippen LogP contribution >= 0.6 is 15.9 Å². The van der Waals surface area contributed by atoms with Gasteiger partial charge in [0.2, 0.25) is 5.91 Å². The molecule has 1 N–H and O–H groups in total. The van der Waals surface area contributed by atoms with Crippen molar-refractivity contribution in [2.75, 3.05) is 0 Å². The lowest BCUT2D eigenvalue weighted by molar-refractivity contribution is -0.128. The van der Waals surface area contributed by atoms with Gasteiger partial charge in [0.15, 0.2) is 0 Å². The van der Waals surface area contributed by atoms with Gasteiger partial charge in [-0.05, 0) is 17.7 Å². The largest absolute Gasteiger partial charge is 0.352 e.